The molecule has 5 heteroatoms. The maximum Gasteiger partial charge on any atom is 0.118 e. The number of hydrogen-bond donors (Lipinski definition) is 0. The summed E-state index contributed by atoms with van der Waals surface area (Å²) in [4.78, 5) is 4.61. The zero-order valence-electron chi connectivity index (χ0n) is 13.2. The van der Waals surface area contributed by atoms with E-state index in [2.05, 4.69) is 30.0 Å². The molecule has 3 heterocycles. The smallest absolute Gasteiger partial charge is 0.118 e. The Kier molecular flexibility index (Phi) is 4.64. The third-order valence-electron chi connectivity index (χ3n) is 4.48. The van der Waals surface area contributed by atoms with Crippen molar-refractivity contribution in [1.29, 1.82) is 0 Å². The standard InChI is InChI=1S/C16H26N2O3/c1-12-4-5-13(21-12)8-18-9-16(20-7-6-17(2)3)14-10-19-11-15(14)18/h4-5,14-16H,6-11H2,1-3H3/t14-,15+,16+/m1/s1. The summed E-state index contributed by atoms with van der Waals surface area (Å²) >= 11 is 0. The number of hydrogen-bond acceptors (Lipinski definition) is 5. The molecule has 0 aliphatic carbocycles. The zero-order valence-corrected chi connectivity index (χ0v) is 13.2. The molecule has 0 spiro atoms. The van der Waals surface area contributed by atoms with E-state index in [1.54, 1.807) is 0 Å². The molecule has 0 radical (unpaired) electrons. The average Bonchev–Trinajstić information content (AvgIpc) is 3.09. The van der Waals surface area contributed by atoms with Gasteiger partial charge in [0.25, 0.3) is 0 Å². The topological polar surface area (TPSA) is 38.1 Å². The van der Waals surface area contributed by atoms with E-state index in [4.69, 9.17) is 13.9 Å². The Bertz CT molecular complexity index is 460. The van der Waals surface area contributed by atoms with Gasteiger partial charge in [-0.3, -0.25) is 4.90 Å². The van der Waals surface area contributed by atoms with Crippen LogP contribution in [0.4, 0.5) is 0 Å². The highest BCUT2D eigenvalue weighted by atomic mass is 16.5. The largest absolute Gasteiger partial charge is 0.465 e. The zero-order chi connectivity index (χ0) is 14.8. The third-order valence-corrected chi connectivity index (χ3v) is 4.48. The number of likely N-dealkylation sites (tertiary alicyclic amines) is 1. The maximum absolute atomic E-state index is 6.11. The van der Waals surface area contributed by atoms with Crippen molar-refractivity contribution in [2.45, 2.75) is 25.6 Å². The Morgan fingerprint density at radius 1 is 1.33 bits per heavy atom. The Balaban J connectivity index is 1.58. The van der Waals surface area contributed by atoms with Crippen molar-refractivity contribution in [2.75, 3.05) is 47.0 Å². The van der Waals surface area contributed by atoms with Crippen molar-refractivity contribution in [3.05, 3.63) is 23.7 Å². The van der Waals surface area contributed by atoms with Crippen LogP contribution in [0.3, 0.4) is 0 Å². The first-order chi connectivity index (χ1) is 10.1. The fourth-order valence-electron chi connectivity index (χ4n) is 3.31. The monoisotopic (exact) mass is 294 g/mol. The highest BCUT2D eigenvalue weighted by molar-refractivity contribution is 5.07. The first-order valence-electron chi connectivity index (χ1n) is 7.77. The van der Waals surface area contributed by atoms with Crippen LogP contribution in [0.15, 0.2) is 16.5 Å². The molecular formula is C16H26N2O3. The van der Waals surface area contributed by atoms with Gasteiger partial charge in [0, 0.05) is 25.0 Å². The second kappa shape index (κ2) is 6.48. The van der Waals surface area contributed by atoms with Crippen LogP contribution in [0.2, 0.25) is 0 Å². The van der Waals surface area contributed by atoms with Gasteiger partial charge in [0.2, 0.25) is 0 Å². The van der Waals surface area contributed by atoms with Gasteiger partial charge in [0.1, 0.15) is 11.5 Å². The van der Waals surface area contributed by atoms with Crippen molar-refractivity contribution in [3.63, 3.8) is 0 Å². The van der Waals surface area contributed by atoms with Crippen LogP contribution < -0.4 is 0 Å². The van der Waals surface area contributed by atoms with Crippen LogP contribution >= 0.6 is 0 Å². The van der Waals surface area contributed by atoms with E-state index in [1.165, 1.54) is 0 Å². The molecule has 0 unspecified atom stereocenters. The van der Waals surface area contributed by atoms with Gasteiger partial charge in [0.05, 0.1) is 32.5 Å². The normalized spacial score (nSPS) is 29.4. The molecule has 0 bridgehead atoms. The fraction of sp³-hybridized carbons (Fsp3) is 0.750. The molecule has 0 N–H and O–H groups in total. The first-order valence-corrected chi connectivity index (χ1v) is 7.77. The Labute approximate surface area is 126 Å². The molecule has 3 atom stereocenters. The minimum absolute atomic E-state index is 0.286. The van der Waals surface area contributed by atoms with Crippen LogP contribution in [0, 0.1) is 12.8 Å². The van der Waals surface area contributed by atoms with Gasteiger partial charge in [-0.1, -0.05) is 0 Å². The summed E-state index contributed by atoms with van der Waals surface area (Å²) < 4.78 is 17.5. The molecule has 2 aliphatic rings. The van der Waals surface area contributed by atoms with Crippen LogP contribution in [-0.4, -0.2) is 69.0 Å². The second-order valence-electron chi connectivity index (χ2n) is 6.42. The molecule has 1 aromatic rings. The number of aryl methyl sites for hydroxylation is 1. The molecular weight excluding hydrogens is 268 g/mol. The second-order valence-corrected chi connectivity index (χ2v) is 6.42. The van der Waals surface area contributed by atoms with E-state index in [0.717, 1.165) is 51.0 Å². The minimum Gasteiger partial charge on any atom is -0.465 e. The average molecular weight is 294 g/mol. The summed E-state index contributed by atoms with van der Waals surface area (Å²) in [5.74, 6) is 2.51. The third kappa shape index (κ3) is 3.48. The van der Waals surface area contributed by atoms with E-state index in [9.17, 15) is 0 Å². The van der Waals surface area contributed by atoms with Crippen molar-refractivity contribution in [1.82, 2.24) is 9.80 Å². The lowest BCUT2D eigenvalue weighted by Crippen LogP contribution is -2.32. The van der Waals surface area contributed by atoms with Crippen LogP contribution in [0.25, 0.3) is 0 Å². The Morgan fingerprint density at radius 2 is 2.19 bits per heavy atom. The molecule has 21 heavy (non-hydrogen) atoms. The first kappa shape index (κ1) is 15.0. The van der Waals surface area contributed by atoms with Gasteiger partial charge in [0.15, 0.2) is 0 Å². The van der Waals surface area contributed by atoms with E-state index in [1.807, 2.05) is 13.0 Å². The molecule has 0 aromatic carbocycles. The highest BCUT2D eigenvalue weighted by Crippen LogP contribution is 2.33. The number of rotatable bonds is 6. The van der Waals surface area contributed by atoms with Crippen LogP contribution in [0.1, 0.15) is 11.5 Å². The van der Waals surface area contributed by atoms with Gasteiger partial charge >= 0.3 is 0 Å². The summed E-state index contributed by atoms with van der Waals surface area (Å²) in [6.45, 7) is 7.21. The SMILES string of the molecule is Cc1ccc(CN2C[C@H](OCCN(C)C)[C@@H]3COC[C@@H]32)o1. The molecule has 118 valence electrons. The lowest BCUT2D eigenvalue weighted by molar-refractivity contribution is 0.0129. The van der Waals surface area contributed by atoms with Gasteiger partial charge in [-0.25, -0.2) is 0 Å². The molecule has 0 saturated carbocycles. The van der Waals surface area contributed by atoms with Crippen LogP contribution in [0.5, 0.6) is 0 Å². The minimum atomic E-state index is 0.286. The summed E-state index contributed by atoms with van der Waals surface area (Å²) in [6, 6.07) is 4.57. The lowest BCUT2D eigenvalue weighted by atomic mass is 10.0. The van der Waals surface area contributed by atoms with Crippen molar-refractivity contribution < 1.29 is 13.9 Å². The number of ether oxygens (including phenoxy) is 2. The number of nitrogens with zero attached hydrogens (tertiary/aromatic N) is 2. The van der Waals surface area contributed by atoms with E-state index in [0.29, 0.717) is 12.0 Å². The molecule has 2 saturated heterocycles. The van der Waals surface area contributed by atoms with Gasteiger partial charge in [-0.05, 0) is 33.2 Å². The lowest BCUT2D eigenvalue weighted by Gasteiger charge is -2.20. The Morgan fingerprint density at radius 3 is 2.90 bits per heavy atom. The van der Waals surface area contributed by atoms with E-state index < -0.39 is 0 Å². The Hall–Kier alpha value is -0.880. The van der Waals surface area contributed by atoms with Crippen molar-refractivity contribution in [2.24, 2.45) is 5.92 Å². The number of fused-ring (bicyclic) bond motifs is 1. The highest BCUT2D eigenvalue weighted by Gasteiger charge is 2.46. The molecule has 2 aliphatic heterocycles. The quantitative estimate of drug-likeness (QED) is 0.792. The fourth-order valence-corrected chi connectivity index (χ4v) is 3.31. The summed E-state index contributed by atoms with van der Waals surface area (Å²) in [5.41, 5.74) is 0. The van der Waals surface area contributed by atoms with Crippen LogP contribution in [-0.2, 0) is 16.0 Å². The van der Waals surface area contributed by atoms with E-state index in [-0.39, 0.29) is 6.10 Å². The molecule has 0 amide bonds. The summed E-state index contributed by atoms with van der Waals surface area (Å²) in [6.07, 6.45) is 0.286. The number of furan rings is 1. The van der Waals surface area contributed by atoms with Gasteiger partial charge < -0.3 is 18.8 Å². The maximum atomic E-state index is 6.11. The van der Waals surface area contributed by atoms with Gasteiger partial charge in [-0.15, -0.1) is 0 Å². The predicted molar refractivity (Wildman–Crippen MR) is 80.2 cm³/mol. The molecule has 2 fully saturated rings. The number of likely N-dealkylation sites (N-methyl/N-ethyl adjacent to an activating group) is 1. The molecule has 3 rings (SSSR count). The predicted octanol–water partition coefficient (Wildman–Crippen LogP) is 1.37. The van der Waals surface area contributed by atoms with Gasteiger partial charge in [-0.2, -0.15) is 0 Å². The molecule has 5 nitrogen and oxygen atoms in total. The summed E-state index contributed by atoms with van der Waals surface area (Å²) in [5, 5.41) is 0. The van der Waals surface area contributed by atoms with Crippen molar-refractivity contribution >= 4 is 0 Å². The summed E-state index contributed by atoms with van der Waals surface area (Å²) in [7, 11) is 4.15. The van der Waals surface area contributed by atoms with E-state index >= 15 is 0 Å². The van der Waals surface area contributed by atoms with Crippen molar-refractivity contribution in [3.8, 4) is 0 Å². The molecule has 1 aromatic heterocycles.